The van der Waals surface area contributed by atoms with E-state index in [1.54, 1.807) is 0 Å². The van der Waals surface area contributed by atoms with Gasteiger partial charge in [-0.1, -0.05) is 152 Å². The minimum atomic E-state index is -4.74. The van der Waals surface area contributed by atoms with Crippen molar-refractivity contribution in [1.29, 1.82) is 0 Å². The molecule has 0 aromatic carbocycles. The van der Waals surface area contributed by atoms with E-state index in [4.69, 9.17) is 23.3 Å². The van der Waals surface area contributed by atoms with Crippen LogP contribution in [0.2, 0.25) is 0 Å². The predicted molar refractivity (Wildman–Crippen MR) is 252 cm³/mol. The molecule has 0 aromatic heterocycles. The highest BCUT2D eigenvalue weighted by atomic mass is 31.2. The number of allylic oxidation sites excluding steroid dienone is 10. The lowest BCUT2D eigenvalue weighted by Crippen LogP contribution is -2.30. The molecule has 62 heavy (non-hydrogen) atoms. The second-order valence-electron chi connectivity index (χ2n) is 15.9. The van der Waals surface area contributed by atoms with Gasteiger partial charge in [-0.05, 0) is 89.9 Å². The second kappa shape index (κ2) is 44.8. The summed E-state index contributed by atoms with van der Waals surface area (Å²) in [5.74, 6) is -1.53. The molecule has 0 saturated carbocycles. The standard InChI is InChI=1S/C50H87O11P/c1-4-7-10-13-16-19-22-23-26-27-30-33-36-39-48(52)57-43-47(61-50(54)41-38-35-32-29-25-21-18-15-12-9-6-3)45-59-62(55,56)58-44-46(42-51)60-49(53)40-37-34-31-28-24-20-17-14-11-8-5-2/h7,10,14-19,23,26,46-47,51H,4-6,8-9,11-13,20-22,24-25,27-45H2,1-3H3,(H,55,56)/b10-7-,17-14-,18-15-,19-16-,26-23-. The first kappa shape index (κ1) is 59.2. The van der Waals surface area contributed by atoms with Crippen LogP contribution in [0.3, 0.4) is 0 Å². The van der Waals surface area contributed by atoms with Crippen LogP contribution in [0, 0.1) is 0 Å². The van der Waals surface area contributed by atoms with Crippen LogP contribution in [0.1, 0.15) is 201 Å². The number of ether oxygens (including phenoxy) is 3. The first-order valence-corrected chi connectivity index (χ1v) is 25.7. The molecule has 358 valence electrons. The first-order chi connectivity index (χ1) is 30.2. The fourth-order valence-electron chi connectivity index (χ4n) is 6.15. The van der Waals surface area contributed by atoms with Gasteiger partial charge in [0.2, 0.25) is 0 Å². The third kappa shape index (κ3) is 42.5. The number of aliphatic hydroxyl groups excluding tert-OH is 1. The van der Waals surface area contributed by atoms with Gasteiger partial charge in [-0.2, -0.15) is 0 Å². The summed E-state index contributed by atoms with van der Waals surface area (Å²) in [5, 5.41) is 9.73. The average Bonchev–Trinajstić information content (AvgIpc) is 3.25. The number of aliphatic hydroxyl groups is 1. The number of phosphoric acid groups is 1. The number of rotatable bonds is 44. The molecule has 0 aliphatic heterocycles. The molecule has 0 aliphatic carbocycles. The monoisotopic (exact) mass is 895 g/mol. The lowest BCUT2D eigenvalue weighted by atomic mass is 10.1. The van der Waals surface area contributed by atoms with Gasteiger partial charge in [-0.25, -0.2) is 4.57 Å². The summed E-state index contributed by atoms with van der Waals surface area (Å²) in [6.07, 6.45) is 44.9. The maximum Gasteiger partial charge on any atom is 0.472 e. The Hall–Kier alpha value is -2.82. The van der Waals surface area contributed by atoms with Crippen molar-refractivity contribution in [1.82, 2.24) is 0 Å². The lowest BCUT2D eigenvalue weighted by Gasteiger charge is -2.21. The molecule has 0 aromatic rings. The van der Waals surface area contributed by atoms with Gasteiger partial charge < -0.3 is 24.2 Å². The molecule has 11 nitrogen and oxygen atoms in total. The van der Waals surface area contributed by atoms with Crippen LogP contribution < -0.4 is 0 Å². The van der Waals surface area contributed by atoms with Gasteiger partial charge in [0.15, 0.2) is 6.10 Å². The summed E-state index contributed by atoms with van der Waals surface area (Å²) in [6, 6.07) is 0. The van der Waals surface area contributed by atoms with Crippen molar-refractivity contribution >= 4 is 25.7 Å². The topological polar surface area (TPSA) is 155 Å². The molecular formula is C50H87O11P. The van der Waals surface area contributed by atoms with Crippen molar-refractivity contribution in [2.45, 2.75) is 213 Å². The Morgan fingerprint density at radius 3 is 1.32 bits per heavy atom. The van der Waals surface area contributed by atoms with Crippen LogP contribution in [-0.4, -0.2) is 66.5 Å². The summed E-state index contributed by atoms with van der Waals surface area (Å²) in [5.41, 5.74) is 0. The van der Waals surface area contributed by atoms with E-state index in [1.807, 2.05) is 0 Å². The Morgan fingerprint density at radius 2 is 0.839 bits per heavy atom. The third-order valence-corrected chi connectivity index (χ3v) is 10.8. The number of phosphoric ester groups is 1. The average molecular weight is 895 g/mol. The van der Waals surface area contributed by atoms with Gasteiger partial charge in [0.1, 0.15) is 12.7 Å². The Kier molecular flexibility index (Phi) is 42.7. The van der Waals surface area contributed by atoms with E-state index in [2.05, 4.69) is 81.5 Å². The molecule has 12 heteroatoms. The predicted octanol–water partition coefficient (Wildman–Crippen LogP) is 13.2. The normalized spacial score (nSPS) is 14.1. The van der Waals surface area contributed by atoms with Crippen molar-refractivity contribution in [2.75, 3.05) is 26.4 Å². The zero-order valence-corrected chi connectivity index (χ0v) is 40.0. The molecule has 0 amide bonds. The smallest absolute Gasteiger partial charge is 0.462 e. The van der Waals surface area contributed by atoms with E-state index >= 15 is 0 Å². The molecule has 3 atom stereocenters. The fraction of sp³-hybridized carbons (Fsp3) is 0.740. The first-order valence-electron chi connectivity index (χ1n) is 24.2. The number of hydrogen-bond donors (Lipinski definition) is 2. The second-order valence-corrected chi connectivity index (χ2v) is 17.3. The number of esters is 3. The van der Waals surface area contributed by atoms with Crippen molar-refractivity contribution in [3.8, 4) is 0 Å². The van der Waals surface area contributed by atoms with E-state index in [0.717, 1.165) is 116 Å². The van der Waals surface area contributed by atoms with E-state index in [0.29, 0.717) is 19.3 Å². The minimum absolute atomic E-state index is 0.149. The van der Waals surface area contributed by atoms with Gasteiger partial charge in [-0.3, -0.25) is 23.4 Å². The largest absolute Gasteiger partial charge is 0.472 e. The molecule has 0 aliphatic rings. The number of unbranched alkanes of at least 4 members (excludes halogenated alkanes) is 17. The van der Waals surface area contributed by atoms with Gasteiger partial charge in [0.25, 0.3) is 0 Å². The summed E-state index contributed by atoms with van der Waals surface area (Å²) >= 11 is 0. The van der Waals surface area contributed by atoms with Gasteiger partial charge in [-0.15, -0.1) is 0 Å². The molecule has 0 heterocycles. The van der Waals surface area contributed by atoms with E-state index in [9.17, 15) is 28.9 Å². The zero-order valence-electron chi connectivity index (χ0n) is 39.1. The minimum Gasteiger partial charge on any atom is -0.462 e. The van der Waals surface area contributed by atoms with E-state index < -0.39 is 57.8 Å². The summed E-state index contributed by atoms with van der Waals surface area (Å²) in [7, 11) is -4.74. The SMILES string of the molecule is CC/C=C\C/C=C\C/C=C\CCCCCC(=O)OCC(COP(=O)(O)OCC(CO)OC(=O)CCCCCCC/C=C\CCCC)OC(=O)CCCCCCC/C=C\CCCC. The summed E-state index contributed by atoms with van der Waals surface area (Å²) < 4.78 is 39.2. The van der Waals surface area contributed by atoms with Crippen LogP contribution in [0.15, 0.2) is 60.8 Å². The summed E-state index contributed by atoms with van der Waals surface area (Å²) in [4.78, 5) is 48.1. The van der Waals surface area contributed by atoms with Crippen LogP contribution in [-0.2, 0) is 42.2 Å². The third-order valence-electron chi connectivity index (χ3n) is 9.89. The van der Waals surface area contributed by atoms with Crippen LogP contribution in [0.5, 0.6) is 0 Å². The Balaban J connectivity index is 4.80. The van der Waals surface area contributed by atoms with Crippen molar-refractivity contribution in [3.63, 3.8) is 0 Å². The van der Waals surface area contributed by atoms with Crippen molar-refractivity contribution in [2.24, 2.45) is 0 Å². The Morgan fingerprint density at radius 1 is 0.468 bits per heavy atom. The number of hydrogen-bond acceptors (Lipinski definition) is 10. The number of carbonyl (C=O) groups is 3. The fourth-order valence-corrected chi connectivity index (χ4v) is 6.94. The molecule has 0 bridgehead atoms. The van der Waals surface area contributed by atoms with E-state index in [-0.39, 0.29) is 25.9 Å². The van der Waals surface area contributed by atoms with Crippen molar-refractivity contribution in [3.05, 3.63) is 60.8 Å². The Labute approximate surface area is 376 Å². The van der Waals surface area contributed by atoms with Crippen LogP contribution in [0.4, 0.5) is 0 Å². The Bertz CT molecular complexity index is 1280. The van der Waals surface area contributed by atoms with Crippen LogP contribution in [0.25, 0.3) is 0 Å². The highest BCUT2D eigenvalue weighted by Gasteiger charge is 2.28. The van der Waals surface area contributed by atoms with Gasteiger partial charge in [0, 0.05) is 19.3 Å². The van der Waals surface area contributed by atoms with Gasteiger partial charge >= 0.3 is 25.7 Å². The molecule has 2 N–H and O–H groups in total. The molecule has 0 fully saturated rings. The maximum absolute atomic E-state index is 12.8. The molecule has 0 saturated heterocycles. The van der Waals surface area contributed by atoms with Gasteiger partial charge in [0.05, 0.1) is 19.8 Å². The number of carbonyl (C=O) groups excluding carboxylic acids is 3. The maximum atomic E-state index is 12.8. The molecule has 0 spiro atoms. The summed E-state index contributed by atoms with van der Waals surface area (Å²) in [6.45, 7) is 4.36. The van der Waals surface area contributed by atoms with Crippen LogP contribution >= 0.6 is 7.82 Å². The van der Waals surface area contributed by atoms with Crippen molar-refractivity contribution < 1.29 is 52.2 Å². The highest BCUT2D eigenvalue weighted by Crippen LogP contribution is 2.43. The highest BCUT2D eigenvalue weighted by molar-refractivity contribution is 7.47. The zero-order chi connectivity index (χ0) is 45.6. The lowest BCUT2D eigenvalue weighted by molar-refractivity contribution is -0.161. The quantitative estimate of drug-likeness (QED) is 0.0197. The molecular weight excluding hydrogens is 808 g/mol. The molecule has 0 rings (SSSR count). The molecule has 3 unspecified atom stereocenters. The molecule has 0 radical (unpaired) electrons. The van der Waals surface area contributed by atoms with E-state index in [1.165, 1.54) is 25.7 Å².